The van der Waals surface area contributed by atoms with Crippen molar-refractivity contribution in [2.24, 2.45) is 5.73 Å². The van der Waals surface area contributed by atoms with Crippen LogP contribution in [0.15, 0.2) is 30.3 Å². The van der Waals surface area contributed by atoms with Gasteiger partial charge in [-0.1, -0.05) is 30.3 Å². The number of rotatable bonds is 4. The molecule has 2 unspecified atom stereocenters. The zero-order valence-electron chi connectivity index (χ0n) is 12.6. The fourth-order valence-corrected chi connectivity index (χ4v) is 2.82. The van der Waals surface area contributed by atoms with Crippen molar-refractivity contribution in [3.8, 4) is 0 Å². The van der Waals surface area contributed by atoms with Crippen LogP contribution in [0.25, 0.3) is 0 Å². The number of nitrogens with two attached hydrogens (primary N) is 1. The molecule has 3 N–H and O–H groups in total. The summed E-state index contributed by atoms with van der Waals surface area (Å²) in [5.74, 6) is -0.0922. The van der Waals surface area contributed by atoms with E-state index in [0.29, 0.717) is 19.0 Å². The van der Waals surface area contributed by atoms with Crippen molar-refractivity contribution in [2.45, 2.75) is 43.8 Å². The van der Waals surface area contributed by atoms with Crippen molar-refractivity contribution in [2.75, 3.05) is 6.54 Å². The lowest BCUT2D eigenvalue weighted by molar-refractivity contribution is -0.128. The van der Waals surface area contributed by atoms with Crippen molar-refractivity contribution < 1.29 is 9.59 Å². The Hall–Kier alpha value is -1.59. The Bertz CT molecular complexity index is 558. The predicted molar refractivity (Wildman–Crippen MR) is 86.5 cm³/mol. The summed E-state index contributed by atoms with van der Waals surface area (Å²) < 4.78 is 0. The minimum atomic E-state index is -1.09. The van der Waals surface area contributed by atoms with Crippen molar-refractivity contribution >= 4 is 24.2 Å². The van der Waals surface area contributed by atoms with Crippen molar-refractivity contribution in [1.82, 2.24) is 10.2 Å². The Labute approximate surface area is 136 Å². The number of nitrogens with zero attached hydrogens (tertiary/aromatic N) is 1. The van der Waals surface area contributed by atoms with Gasteiger partial charge in [-0.2, -0.15) is 0 Å². The zero-order chi connectivity index (χ0) is 15.0. The maximum Gasteiger partial charge on any atom is 0.244 e. The maximum absolute atomic E-state index is 12.5. The first-order chi connectivity index (χ1) is 9.98. The third-order valence-electron chi connectivity index (χ3n) is 4.33. The minimum absolute atomic E-state index is 0. The van der Waals surface area contributed by atoms with Gasteiger partial charge in [0.2, 0.25) is 11.8 Å². The summed E-state index contributed by atoms with van der Waals surface area (Å²) in [6, 6.07) is 9.57. The predicted octanol–water partition coefficient (Wildman–Crippen LogP) is 1.16. The minimum Gasteiger partial charge on any atom is -0.349 e. The first kappa shape index (κ1) is 16.8. The van der Waals surface area contributed by atoms with Crippen LogP contribution in [0.2, 0.25) is 0 Å². The number of likely N-dealkylation sites (tertiary alicyclic amines) is 1. The van der Waals surface area contributed by atoms with E-state index >= 15 is 0 Å². The van der Waals surface area contributed by atoms with Gasteiger partial charge >= 0.3 is 0 Å². The molecule has 1 aliphatic heterocycles. The van der Waals surface area contributed by atoms with E-state index in [0.717, 1.165) is 18.4 Å². The number of hydrogen-bond donors (Lipinski definition) is 2. The highest BCUT2D eigenvalue weighted by Gasteiger charge is 2.41. The standard InChI is InChI=1S/C16H21N3O2.ClH/c1-16(17,11-5-3-2-4-6-11)15(21)18-12-9-14(20)19(10-12)13-7-8-13;/h2-6,12-13H,7-10,17H2,1H3,(H,18,21);1H. The average Bonchev–Trinajstić information content (AvgIpc) is 3.24. The van der Waals surface area contributed by atoms with Gasteiger partial charge < -0.3 is 16.0 Å². The van der Waals surface area contributed by atoms with E-state index in [1.165, 1.54) is 0 Å². The summed E-state index contributed by atoms with van der Waals surface area (Å²) in [6.07, 6.45) is 2.56. The molecule has 0 radical (unpaired) electrons. The van der Waals surface area contributed by atoms with Gasteiger partial charge in [0.05, 0.1) is 6.04 Å². The maximum atomic E-state index is 12.5. The number of hydrogen-bond acceptors (Lipinski definition) is 3. The number of benzene rings is 1. The second kappa shape index (κ2) is 6.26. The van der Waals surface area contributed by atoms with Crippen LogP contribution in [0.5, 0.6) is 0 Å². The molecule has 3 rings (SSSR count). The SMILES string of the molecule is CC(N)(C(=O)NC1CC(=O)N(C2CC2)C1)c1ccccc1.Cl. The van der Waals surface area contributed by atoms with Crippen molar-refractivity contribution in [1.29, 1.82) is 0 Å². The molecule has 5 nitrogen and oxygen atoms in total. The number of carbonyl (C=O) groups excluding carboxylic acids is 2. The summed E-state index contributed by atoms with van der Waals surface area (Å²) in [7, 11) is 0. The zero-order valence-corrected chi connectivity index (χ0v) is 13.4. The fourth-order valence-electron chi connectivity index (χ4n) is 2.82. The second-order valence-electron chi connectivity index (χ2n) is 6.22. The first-order valence-corrected chi connectivity index (χ1v) is 7.43. The third-order valence-corrected chi connectivity index (χ3v) is 4.33. The second-order valence-corrected chi connectivity index (χ2v) is 6.22. The van der Waals surface area contributed by atoms with Crippen LogP contribution in [0.1, 0.15) is 31.7 Å². The van der Waals surface area contributed by atoms with Crippen molar-refractivity contribution in [3.05, 3.63) is 35.9 Å². The lowest BCUT2D eigenvalue weighted by atomic mass is 9.92. The molecule has 2 fully saturated rings. The van der Waals surface area contributed by atoms with Gasteiger partial charge in [0.1, 0.15) is 5.54 Å². The van der Waals surface area contributed by atoms with Gasteiger partial charge in [-0.25, -0.2) is 0 Å². The monoisotopic (exact) mass is 323 g/mol. The van der Waals surface area contributed by atoms with Gasteiger partial charge in [-0.05, 0) is 25.3 Å². The van der Waals surface area contributed by atoms with E-state index < -0.39 is 5.54 Å². The molecule has 0 aromatic heterocycles. The van der Waals surface area contributed by atoms with Gasteiger partial charge in [0, 0.05) is 19.0 Å². The summed E-state index contributed by atoms with van der Waals surface area (Å²) in [5, 5.41) is 2.93. The quantitative estimate of drug-likeness (QED) is 0.873. The van der Waals surface area contributed by atoms with Crippen LogP contribution < -0.4 is 11.1 Å². The number of halogens is 1. The highest BCUT2D eigenvalue weighted by atomic mass is 35.5. The van der Waals surface area contributed by atoms with E-state index in [2.05, 4.69) is 5.32 Å². The van der Waals surface area contributed by atoms with E-state index in [1.54, 1.807) is 6.92 Å². The number of nitrogens with one attached hydrogen (secondary N) is 1. The summed E-state index contributed by atoms with van der Waals surface area (Å²) in [5.41, 5.74) is 5.87. The molecule has 2 aliphatic rings. The summed E-state index contributed by atoms with van der Waals surface area (Å²) >= 11 is 0. The number of carbonyl (C=O) groups is 2. The van der Waals surface area contributed by atoms with Crippen molar-refractivity contribution in [3.63, 3.8) is 0 Å². The molecule has 1 heterocycles. The Balaban J connectivity index is 0.00000176. The molecule has 1 saturated carbocycles. The molecule has 22 heavy (non-hydrogen) atoms. The molecule has 1 aromatic rings. The summed E-state index contributed by atoms with van der Waals surface area (Å²) in [4.78, 5) is 26.3. The normalized spacial score (nSPS) is 23.6. The molecule has 6 heteroatoms. The van der Waals surface area contributed by atoms with E-state index in [1.807, 2.05) is 35.2 Å². The topological polar surface area (TPSA) is 75.4 Å². The largest absolute Gasteiger partial charge is 0.349 e. The van der Waals surface area contributed by atoms with Crippen LogP contribution in [0.4, 0.5) is 0 Å². The van der Waals surface area contributed by atoms with Gasteiger partial charge in [-0.15, -0.1) is 12.4 Å². The lowest BCUT2D eigenvalue weighted by Crippen LogP contribution is -2.52. The fraction of sp³-hybridized carbons (Fsp3) is 0.500. The first-order valence-electron chi connectivity index (χ1n) is 7.43. The van der Waals surface area contributed by atoms with E-state index in [-0.39, 0.29) is 30.3 Å². The van der Waals surface area contributed by atoms with Crippen LogP contribution in [0.3, 0.4) is 0 Å². The molecule has 1 aromatic carbocycles. The molecular weight excluding hydrogens is 302 g/mol. The molecule has 2 amide bonds. The Kier molecular flexibility index (Phi) is 4.78. The van der Waals surface area contributed by atoms with Crippen LogP contribution >= 0.6 is 12.4 Å². The molecular formula is C16H22ClN3O2. The molecule has 2 atom stereocenters. The van der Waals surface area contributed by atoms with Crippen LogP contribution in [0, 0.1) is 0 Å². The third kappa shape index (κ3) is 3.25. The summed E-state index contributed by atoms with van der Waals surface area (Å²) in [6.45, 7) is 2.31. The van der Waals surface area contributed by atoms with Gasteiger partial charge in [0.15, 0.2) is 0 Å². The molecule has 0 bridgehead atoms. The Morgan fingerprint density at radius 1 is 1.32 bits per heavy atom. The van der Waals surface area contributed by atoms with E-state index in [4.69, 9.17) is 5.73 Å². The van der Waals surface area contributed by atoms with Crippen LogP contribution in [-0.2, 0) is 15.1 Å². The highest BCUT2D eigenvalue weighted by Crippen LogP contribution is 2.30. The smallest absolute Gasteiger partial charge is 0.244 e. The average molecular weight is 324 g/mol. The molecule has 1 saturated heterocycles. The molecule has 120 valence electrons. The van der Waals surface area contributed by atoms with Gasteiger partial charge in [0.25, 0.3) is 0 Å². The highest BCUT2D eigenvalue weighted by molar-refractivity contribution is 5.88. The Morgan fingerprint density at radius 2 is 1.95 bits per heavy atom. The van der Waals surface area contributed by atoms with Crippen LogP contribution in [-0.4, -0.2) is 35.3 Å². The number of amides is 2. The van der Waals surface area contributed by atoms with E-state index in [9.17, 15) is 9.59 Å². The molecule has 1 aliphatic carbocycles. The Morgan fingerprint density at radius 3 is 2.55 bits per heavy atom. The van der Waals surface area contributed by atoms with Gasteiger partial charge in [-0.3, -0.25) is 9.59 Å². The lowest BCUT2D eigenvalue weighted by Gasteiger charge is -2.26. The molecule has 0 spiro atoms.